The predicted molar refractivity (Wildman–Crippen MR) is 85.5 cm³/mol. The van der Waals surface area contributed by atoms with Gasteiger partial charge in [-0.05, 0) is 23.0 Å². The lowest BCUT2D eigenvalue weighted by molar-refractivity contribution is 0.457. The Bertz CT molecular complexity index is 735. The van der Waals surface area contributed by atoms with Crippen molar-refractivity contribution in [3.05, 3.63) is 29.6 Å². The van der Waals surface area contributed by atoms with Crippen molar-refractivity contribution >= 4 is 22.6 Å². The van der Waals surface area contributed by atoms with E-state index in [-0.39, 0.29) is 10.8 Å². The van der Waals surface area contributed by atoms with E-state index in [9.17, 15) is 5.26 Å². The predicted octanol–water partition coefficient (Wildman–Crippen LogP) is 4.30. The van der Waals surface area contributed by atoms with Gasteiger partial charge < -0.3 is 4.57 Å². The first-order valence-corrected chi connectivity index (χ1v) is 7.85. The summed E-state index contributed by atoms with van der Waals surface area (Å²) >= 11 is 5.96. The number of nitrogens with zero attached hydrogens (tertiary/aromatic N) is 3. The van der Waals surface area contributed by atoms with Crippen molar-refractivity contribution in [3.8, 4) is 6.07 Å². The van der Waals surface area contributed by atoms with E-state index in [1.54, 1.807) is 0 Å². The van der Waals surface area contributed by atoms with Gasteiger partial charge in [0.15, 0.2) is 0 Å². The van der Waals surface area contributed by atoms with E-state index in [4.69, 9.17) is 16.6 Å². The first-order valence-electron chi connectivity index (χ1n) is 7.32. The summed E-state index contributed by atoms with van der Waals surface area (Å²) in [7, 11) is 0. The lowest BCUT2D eigenvalue weighted by atomic mass is 10.0. The fourth-order valence-corrected chi connectivity index (χ4v) is 3.78. The Morgan fingerprint density at radius 3 is 2.48 bits per heavy atom. The second-order valence-electron chi connectivity index (χ2n) is 6.97. The smallest absolute Gasteiger partial charge is 0.111 e. The normalized spacial score (nSPS) is 19.6. The third kappa shape index (κ3) is 1.82. The average Bonchev–Trinajstić information content (AvgIpc) is 2.72. The maximum absolute atomic E-state index is 9.30. The molecule has 0 saturated heterocycles. The number of hydrogen-bond donors (Lipinski definition) is 0. The molecule has 1 aliphatic carbocycles. The number of rotatable bonds is 3. The van der Waals surface area contributed by atoms with E-state index >= 15 is 0 Å². The summed E-state index contributed by atoms with van der Waals surface area (Å²) in [6.45, 7) is 9.18. The van der Waals surface area contributed by atoms with E-state index in [0.29, 0.717) is 17.5 Å². The van der Waals surface area contributed by atoms with Gasteiger partial charge in [-0.15, -0.1) is 11.6 Å². The van der Waals surface area contributed by atoms with Crippen LogP contribution in [0.15, 0.2) is 18.2 Å². The summed E-state index contributed by atoms with van der Waals surface area (Å²) < 4.78 is 2.32. The molecule has 2 aromatic rings. The van der Waals surface area contributed by atoms with Gasteiger partial charge in [-0.25, -0.2) is 4.98 Å². The molecule has 0 N–H and O–H groups in total. The van der Waals surface area contributed by atoms with Crippen LogP contribution in [0.1, 0.15) is 45.1 Å². The van der Waals surface area contributed by atoms with Crippen molar-refractivity contribution in [2.45, 2.75) is 40.2 Å². The number of para-hydroxylation sites is 1. The number of hydrogen-bond acceptors (Lipinski definition) is 2. The van der Waals surface area contributed by atoms with Crippen LogP contribution in [0.3, 0.4) is 0 Å². The second kappa shape index (κ2) is 4.48. The first kappa shape index (κ1) is 14.4. The zero-order valence-corrected chi connectivity index (χ0v) is 13.7. The highest BCUT2D eigenvalue weighted by Crippen LogP contribution is 2.72. The minimum atomic E-state index is 0.213. The zero-order chi connectivity index (χ0) is 15.4. The molecule has 0 bridgehead atoms. The summed E-state index contributed by atoms with van der Waals surface area (Å²) in [6, 6.07) is 8.46. The average molecular weight is 302 g/mol. The standard InChI is InChI=1S/C17H20ClN3/c1-16(2)15(17(16,3)4)21-12-7-5-6-11(10-19)14(12)20-13(21)8-9-18/h5-7,15H,8-9H2,1-4H3. The van der Waals surface area contributed by atoms with Gasteiger partial charge >= 0.3 is 0 Å². The van der Waals surface area contributed by atoms with Crippen LogP contribution in [0, 0.1) is 22.2 Å². The maximum Gasteiger partial charge on any atom is 0.111 e. The molecule has 4 heteroatoms. The van der Waals surface area contributed by atoms with Gasteiger partial charge in [0.25, 0.3) is 0 Å². The highest BCUT2D eigenvalue weighted by Gasteiger charge is 2.66. The topological polar surface area (TPSA) is 41.6 Å². The minimum Gasteiger partial charge on any atom is -0.324 e. The van der Waals surface area contributed by atoms with Crippen LogP contribution >= 0.6 is 11.6 Å². The van der Waals surface area contributed by atoms with Gasteiger partial charge in [-0.1, -0.05) is 33.8 Å². The van der Waals surface area contributed by atoms with Crippen molar-refractivity contribution in [1.82, 2.24) is 9.55 Å². The SMILES string of the molecule is CC1(C)C(n2c(CCCl)nc3c(C#N)cccc32)C1(C)C. The molecular weight excluding hydrogens is 282 g/mol. The Labute approximate surface area is 130 Å². The van der Waals surface area contributed by atoms with Crippen molar-refractivity contribution in [3.63, 3.8) is 0 Å². The fraction of sp³-hybridized carbons (Fsp3) is 0.529. The molecule has 1 heterocycles. The van der Waals surface area contributed by atoms with Crippen LogP contribution in [0.5, 0.6) is 0 Å². The Balaban J connectivity index is 2.27. The quantitative estimate of drug-likeness (QED) is 0.793. The van der Waals surface area contributed by atoms with Gasteiger partial charge in [0, 0.05) is 18.3 Å². The molecule has 0 unspecified atom stereocenters. The molecule has 1 aromatic carbocycles. The molecule has 110 valence electrons. The lowest BCUT2D eigenvalue weighted by Gasteiger charge is -2.11. The highest BCUT2D eigenvalue weighted by atomic mass is 35.5. The van der Waals surface area contributed by atoms with Crippen LogP contribution in [0.2, 0.25) is 0 Å². The molecule has 21 heavy (non-hydrogen) atoms. The van der Waals surface area contributed by atoms with Crippen LogP contribution in [0.4, 0.5) is 0 Å². The van der Waals surface area contributed by atoms with E-state index in [1.165, 1.54) is 0 Å². The number of imidazole rings is 1. The fourth-order valence-electron chi connectivity index (χ4n) is 3.61. The van der Waals surface area contributed by atoms with Crippen molar-refractivity contribution < 1.29 is 0 Å². The van der Waals surface area contributed by atoms with Gasteiger partial charge in [0.1, 0.15) is 17.4 Å². The first-order chi connectivity index (χ1) is 9.86. The van der Waals surface area contributed by atoms with Crippen LogP contribution in [-0.2, 0) is 6.42 Å². The molecule has 0 amide bonds. The Hall–Kier alpha value is -1.53. The molecule has 1 saturated carbocycles. The third-order valence-electron chi connectivity index (χ3n) is 5.43. The van der Waals surface area contributed by atoms with Crippen molar-refractivity contribution in [2.24, 2.45) is 10.8 Å². The largest absolute Gasteiger partial charge is 0.324 e. The van der Waals surface area contributed by atoms with Crippen LogP contribution < -0.4 is 0 Å². The molecular formula is C17H20ClN3. The van der Waals surface area contributed by atoms with E-state index in [1.807, 2.05) is 12.1 Å². The van der Waals surface area contributed by atoms with Gasteiger partial charge in [-0.3, -0.25) is 0 Å². The third-order valence-corrected chi connectivity index (χ3v) is 5.62. The van der Waals surface area contributed by atoms with Gasteiger partial charge in [0.2, 0.25) is 0 Å². The number of alkyl halides is 1. The maximum atomic E-state index is 9.30. The monoisotopic (exact) mass is 301 g/mol. The number of nitriles is 1. The molecule has 1 aliphatic rings. The molecule has 0 atom stereocenters. The Morgan fingerprint density at radius 2 is 1.95 bits per heavy atom. The van der Waals surface area contributed by atoms with E-state index in [0.717, 1.165) is 23.3 Å². The molecule has 3 rings (SSSR count). The van der Waals surface area contributed by atoms with Gasteiger partial charge in [-0.2, -0.15) is 5.26 Å². The number of fused-ring (bicyclic) bond motifs is 1. The van der Waals surface area contributed by atoms with Crippen LogP contribution in [0.25, 0.3) is 11.0 Å². The molecule has 0 radical (unpaired) electrons. The molecule has 0 aliphatic heterocycles. The second-order valence-corrected chi connectivity index (χ2v) is 7.35. The number of aromatic nitrogens is 2. The molecule has 3 nitrogen and oxygen atoms in total. The Kier molecular flexibility index (Phi) is 3.07. The number of halogens is 1. The Morgan fingerprint density at radius 1 is 1.29 bits per heavy atom. The van der Waals surface area contributed by atoms with E-state index in [2.05, 4.69) is 44.4 Å². The zero-order valence-electron chi connectivity index (χ0n) is 12.9. The minimum absolute atomic E-state index is 0.213. The van der Waals surface area contributed by atoms with Crippen molar-refractivity contribution in [1.29, 1.82) is 5.26 Å². The van der Waals surface area contributed by atoms with E-state index < -0.39 is 0 Å². The number of aryl methyl sites for hydroxylation is 1. The van der Waals surface area contributed by atoms with Crippen molar-refractivity contribution in [2.75, 3.05) is 5.88 Å². The summed E-state index contributed by atoms with van der Waals surface area (Å²) in [5.41, 5.74) is 2.92. The summed E-state index contributed by atoms with van der Waals surface area (Å²) in [4.78, 5) is 4.72. The number of benzene rings is 1. The molecule has 1 fully saturated rings. The van der Waals surface area contributed by atoms with Crippen LogP contribution in [-0.4, -0.2) is 15.4 Å². The lowest BCUT2D eigenvalue weighted by Crippen LogP contribution is -2.07. The molecule has 1 aromatic heterocycles. The summed E-state index contributed by atoms with van der Waals surface area (Å²) in [6.07, 6.45) is 0.726. The highest BCUT2D eigenvalue weighted by molar-refractivity contribution is 6.17. The summed E-state index contributed by atoms with van der Waals surface area (Å²) in [5.74, 6) is 1.53. The van der Waals surface area contributed by atoms with Gasteiger partial charge in [0.05, 0.1) is 11.1 Å². The molecule has 0 spiro atoms. The summed E-state index contributed by atoms with van der Waals surface area (Å²) in [5, 5.41) is 9.30.